The molecule has 7 heteroatoms. The number of aryl methyl sites for hydroxylation is 1. The summed E-state index contributed by atoms with van der Waals surface area (Å²) in [4.78, 5) is 14.6. The summed E-state index contributed by atoms with van der Waals surface area (Å²) < 4.78 is 1.72. The zero-order valence-electron chi connectivity index (χ0n) is 11.4. The maximum Gasteiger partial charge on any atom is 0.271 e. The van der Waals surface area contributed by atoms with Crippen LogP contribution < -0.4 is 5.32 Å². The van der Waals surface area contributed by atoms with E-state index in [0.29, 0.717) is 12.2 Å². The molecular formula is C14H13N5O2. The van der Waals surface area contributed by atoms with Crippen LogP contribution in [0.2, 0.25) is 0 Å². The Bertz CT molecular complexity index is 812. The molecule has 0 unspecified atom stereocenters. The first-order valence-corrected chi connectivity index (χ1v) is 6.41. The smallest absolute Gasteiger partial charge is 0.271 e. The Hall–Kier alpha value is -2.96. The van der Waals surface area contributed by atoms with Crippen molar-refractivity contribution in [3.05, 3.63) is 64.1 Å². The summed E-state index contributed by atoms with van der Waals surface area (Å²) in [5, 5.41) is 18.2. The fourth-order valence-corrected chi connectivity index (χ4v) is 2.06. The number of nitrogens with zero attached hydrogens (tertiary/aromatic N) is 4. The Kier molecular flexibility index (Phi) is 3.23. The van der Waals surface area contributed by atoms with E-state index in [2.05, 4.69) is 15.4 Å². The number of hydrogen-bond donors (Lipinski definition) is 1. The number of hydrogen-bond acceptors (Lipinski definition) is 5. The lowest BCUT2D eigenvalue weighted by molar-refractivity contribution is -0.384. The molecule has 3 aromatic rings. The molecule has 1 aromatic carbocycles. The summed E-state index contributed by atoms with van der Waals surface area (Å²) in [5.74, 6) is 0. The van der Waals surface area contributed by atoms with Gasteiger partial charge in [-0.25, -0.2) is 9.50 Å². The van der Waals surface area contributed by atoms with E-state index < -0.39 is 4.92 Å². The third-order valence-corrected chi connectivity index (χ3v) is 3.04. The SMILES string of the molecule is Cc1cc2ncc(CNc3cccc([N+](=O)[O-])c3)cn2n1. The molecule has 0 aliphatic carbocycles. The lowest BCUT2D eigenvalue weighted by Crippen LogP contribution is -2.02. The number of rotatable bonds is 4. The largest absolute Gasteiger partial charge is 0.381 e. The van der Waals surface area contributed by atoms with Crippen LogP contribution in [0.5, 0.6) is 0 Å². The van der Waals surface area contributed by atoms with Crippen LogP contribution in [0, 0.1) is 17.0 Å². The van der Waals surface area contributed by atoms with Crippen LogP contribution in [0.3, 0.4) is 0 Å². The van der Waals surface area contributed by atoms with E-state index >= 15 is 0 Å². The van der Waals surface area contributed by atoms with Gasteiger partial charge in [-0.1, -0.05) is 6.07 Å². The van der Waals surface area contributed by atoms with Gasteiger partial charge in [-0.2, -0.15) is 5.10 Å². The molecule has 0 radical (unpaired) electrons. The van der Waals surface area contributed by atoms with E-state index in [-0.39, 0.29) is 5.69 Å². The van der Waals surface area contributed by atoms with Crippen molar-refractivity contribution < 1.29 is 4.92 Å². The van der Waals surface area contributed by atoms with Crippen molar-refractivity contribution >= 4 is 17.0 Å². The van der Waals surface area contributed by atoms with E-state index in [1.165, 1.54) is 12.1 Å². The van der Waals surface area contributed by atoms with Gasteiger partial charge in [0.25, 0.3) is 5.69 Å². The highest BCUT2D eigenvalue weighted by Crippen LogP contribution is 2.17. The second-order valence-corrected chi connectivity index (χ2v) is 4.71. The molecule has 2 aromatic heterocycles. The van der Waals surface area contributed by atoms with E-state index in [9.17, 15) is 10.1 Å². The van der Waals surface area contributed by atoms with Gasteiger partial charge in [0.1, 0.15) is 0 Å². The Morgan fingerprint density at radius 2 is 2.24 bits per heavy atom. The average molecular weight is 283 g/mol. The van der Waals surface area contributed by atoms with Gasteiger partial charge in [-0.3, -0.25) is 10.1 Å². The Morgan fingerprint density at radius 3 is 3.05 bits per heavy atom. The van der Waals surface area contributed by atoms with Gasteiger partial charge in [0.2, 0.25) is 0 Å². The molecule has 106 valence electrons. The number of anilines is 1. The van der Waals surface area contributed by atoms with Crippen LogP contribution in [-0.2, 0) is 6.54 Å². The Morgan fingerprint density at radius 1 is 1.38 bits per heavy atom. The second kappa shape index (κ2) is 5.20. The quantitative estimate of drug-likeness (QED) is 0.587. The fraction of sp³-hybridized carbons (Fsp3) is 0.143. The van der Waals surface area contributed by atoms with Gasteiger partial charge >= 0.3 is 0 Å². The monoisotopic (exact) mass is 283 g/mol. The van der Waals surface area contributed by atoms with Crippen molar-refractivity contribution in [1.29, 1.82) is 0 Å². The van der Waals surface area contributed by atoms with Crippen LogP contribution in [0.1, 0.15) is 11.3 Å². The molecule has 0 saturated carbocycles. The number of non-ortho nitro benzene ring substituents is 1. The summed E-state index contributed by atoms with van der Waals surface area (Å²) in [7, 11) is 0. The number of fused-ring (bicyclic) bond motifs is 1. The van der Waals surface area contributed by atoms with Gasteiger partial charge in [0.15, 0.2) is 5.65 Å². The van der Waals surface area contributed by atoms with Crippen LogP contribution in [0.4, 0.5) is 11.4 Å². The molecule has 3 rings (SSSR count). The number of nitro groups is 1. The maximum atomic E-state index is 10.7. The molecule has 0 atom stereocenters. The van der Waals surface area contributed by atoms with Crippen molar-refractivity contribution in [3.8, 4) is 0 Å². The standard InChI is InChI=1S/C14H13N5O2/c1-10-5-14-16-8-11(9-18(14)17-10)7-15-12-3-2-4-13(6-12)19(20)21/h2-6,8-9,15H,7H2,1H3. The molecule has 0 aliphatic rings. The predicted octanol–water partition coefficient (Wildman–Crippen LogP) is 2.56. The van der Waals surface area contributed by atoms with Crippen LogP contribution >= 0.6 is 0 Å². The van der Waals surface area contributed by atoms with E-state index in [0.717, 1.165) is 16.9 Å². The molecule has 21 heavy (non-hydrogen) atoms. The summed E-state index contributed by atoms with van der Waals surface area (Å²) in [6, 6.07) is 8.31. The van der Waals surface area contributed by atoms with Crippen molar-refractivity contribution in [2.24, 2.45) is 0 Å². The van der Waals surface area contributed by atoms with Gasteiger partial charge in [-0.15, -0.1) is 0 Å². The molecule has 0 spiro atoms. The molecule has 2 heterocycles. The van der Waals surface area contributed by atoms with Gasteiger partial charge in [0.05, 0.1) is 10.6 Å². The maximum absolute atomic E-state index is 10.7. The highest BCUT2D eigenvalue weighted by atomic mass is 16.6. The summed E-state index contributed by atoms with van der Waals surface area (Å²) >= 11 is 0. The first kappa shape index (κ1) is 13.0. The minimum Gasteiger partial charge on any atom is -0.381 e. The first-order valence-electron chi connectivity index (χ1n) is 6.41. The van der Waals surface area contributed by atoms with E-state index in [1.807, 2.05) is 19.2 Å². The highest BCUT2D eigenvalue weighted by Gasteiger charge is 2.06. The molecule has 0 bridgehead atoms. The zero-order chi connectivity index (χ0) is 14.8. The lowest BCUT2D eigenvalue weighted by Gasteiger charge is -2.06. The van der Waals surface area contributed by atoms with Crippen molar-refractivity contribution in [1.82, 2.24) is 14.6 Å². The third-order valence-electron chi connectivity index (χ3n) is 3.04. The minimum atomic E-state index is -0.411. The highest BCUT2D eigenvalue weighted by molar-refractivity contribution is 5.51. The Balaban J connectivity index is 1.76. The molecule has 0 amide bonds. The third kappa shape index (κ3) is 2.81. The number of benzene rings is 1. The average Bonchev–Trinajstić information content (AvgIpc) is 2.84. The zero-order valence-corrected chi connectivity index (χ0v) is 11.4. The predicted molar refractivity (Wildman–Crippen MR) is 78.1 cm³/mol. The minimum absolute atomic E-state index is 0.0660. The second-order valence-electron chi connectivity index (χ2n) is 4.71. The van der Waals surface area contributed by atoms with Crippen LogP contribution in [0.25, 0.3) is 5.65 Å². The molecule has 1 N–H and O–H groups in total. The molecule has 0 aliphatic heterocycles. The van der Waals surface area contributed by atoms with Crippen molar-refractivity contribution in [2.45, 2.75) is 13.5 Å². The number of nitrogens with one attached hydrogen (secondary N) is 1. The summed E-state index contributed by atoms with van der Waals surface area (Å²) in [6.45, 7) is 2.43. The summed E-state index contributed by atoms with van der Waals surface area (Å²) in [5.41, 5.74) is 3.41. The van der Waals surface area contributed by atoms with Crippen molar-refractivity contribution in [3.63, 3.8) is 0 Å². The molecule has 7 nitrogen and oxygen atoms in total. The lowest BCUT2D eigenvalue weighted by atomic mass is 10.2. The molecule has 0 fully saturated rings. The van der Waals surface area contributed by atoms with E-state index in [4.69, 9.17) is 0 Å². The fourth-order valence-electron chi connectivity index (χ4n) is 2.06. The number of aromatic nitrogens is 3. The van der Waals surface area contributed by atoms with Gasteiger partial charge < -0.3 is 5.32 Å². The van der Waals surface area contributed by atoms with Gasteiger partial charge in [0, 0.05) is 48.4 Å². The van der Waals surface area contributed by atoms with Crippen LogP contribution in [0.15, 0.2) is 42.7 Å². The summed E-state index contributed by atoms with van der Waals surface area (Å²) in [6.07, 6.45) is 3.65. The molecular weight excluding hydrogens is 270 g/mol. The molecule has 0 saturated heterocycles. The topological polar surface area (TPSA) is 85.4 Å². The van der Waals surface area contributed by atoms with Gasteiger partial charge in [-0.05, 0) is 13.0 Å². The van der Waals surface area contributed by atoms with Crippen LogP contribution in [-0.4, -0.2) is 19.5 Å². The van der Waals surface area contributed by atoms with Crippen molar-refractivity contribution in [2.75, 3.05) is 5.32 Å². The Labute approximate surface area is 120 Å². The first-order chi connectivity index (χ1) is 10.1. The van der Waals surface area contributed by atoms with E-state index in [1.54, 1.807) is 22.8 Å². The number of nitro benzene ring substituents is 1. The normalized spacial score (nSPS) is 10.7.